The van der Waals surface area contributed by atoms with Gasteiger partial charge in [0, 0.05) is 25.8 Å². The lowest BCUT2D eigenvalue weighted by atomic mass is 10.0. The third kappa shape index (κ3) is 6.94. The zero-order chi connectivity index (χ0) is 24.2. The van der Waals surface area contributed by atoms with Gasteiger partial charge in [-0.2, -0.15) is 0 Å². The van der Waals surface area contributed by atoms with Gasteiger partial charge in [0.1, 0.15) is 18.2 Å². The number of nitrogens with zero attached hydrogens (tertiary/aromatic N) is 3. The summed E-state index contributed by atoms with van der Waals surface area (Å²) in [6, 6.07) is 3.45. The first-order valence-corrected chi connectivity index (χ1v) is 12.8. The monoisotopic (exact) mass is 479 g/mol. The number of benzene rings is 1. The first-order chi connectivity index (χ1) is 15.5. The summed E-state index contributed by atoms with van der Waals surface area (Å²) >= 11 is 0. The highest BCUT2D eigenvalue weighted by Crippen LogP contribution is 2.31. The smallest absolute Gasteiger partial charge is 0.229 e. The van der Waals surface area contributed by atoms with Crippen molar-refractivity contribution in [2.24, 2.45) is 5.92 Å². The summed E-state index contributed by atoms with van der Waals surface area (Å²) in [6.45, 7) is 7.80. The number of hydrogen-bond donors (Lipinski definition) is 0. The number of Topliss-reactive ketones (excluding diaryl/α,β-unsaturated/α-hetero) is 1. The maximum Gasteiger partial charge on any atom is 0.229 e. The van der Waals surface area contributed by atoms with Crippen molar-refractivity contribution in [3.05, 3.63) is 35.9 Å². The van der Waals surface area contributed by atoms with Gasteiger partial charge in [0.2, 0.25) is 11.8 Å². The van der Waals surface area contributed by atoms with E-state index in [0.29, 0.717) is 30.3 Å². The van der Waals surface area contributed by atoms with E-state index in [1.165, 1.54) is 18.5 Å². The SMILES string of the molecule is Cc1c(Oc2ccc(S(C)(=O)=O)cc2F)ncnc1OC1CCN(CC(=O)CC(C)C)CC1. The van der Waals surface area contributed by atoms with Crippen LogP contribution in [0.1, 0.15) is 38.7 Å². The van der Waals surface area contributed by atoms with E-state index in [-0.39, 0.29) is 28.4 Å². The van der Waals surface area contributed by atoms with Gasteiger partial charge in [0.15, 0.2) is 21.4 Å². The van der Waals surface area contributed by atoms with Crippen LogP contribution >= 0.6 is 0 Å². The van der Waals surface area contributed by atoms with Crippen molar-refractivity contribution in [2.45, 2.75) is 51.0 Å². The van der Waals surface area contributed by atoms with Crippen molar-refractivity contribution in [1.82, 2.24) is 14.9 Å². The number of likely N-dealkylation sites (tertiary alicyclic amines) is 1. The summed E-state index contributed by atoms with van der Waals surface area (Å²) in [7, 11) is -3.53. The fourth-order valence-electron chi connectivity index (χ4n) is 3.65. The average Bonchev–Trinajstić information content (AvgIpc) is 2.72. The molecule has 1 fully saturated rings. The third-order valence-electron chi connectivity index (χ3n) is 5.38. The van der Waals surface area contributed by atoms with Crippen molar-refractivity contribution in [3.8, 4) is 17.5 Å². The molecule has 1 saturated heterocycles. The lowest BCUT2D eigenvalue weighted by molar-refractivity contribution is -0.121. The summed E-state index contributed by atoms with van der Waals surface area (Å²) in [6.07, 6.45) is 4.34. The number of hydrogen-bond acceptors (Lipinski definition) is 8. The second-order valence-electron chi connectivity index (χ2n) is 8.81. The number of carbonyl (C=O) groups is 1. The van der Waals surface area contributed by atoms with E-state index < -0.39 is 15.7 Å². The normalized spacial score (nSPS) is 15.6. The highest BCUT2D eigenvalue weighted by atomic mass is 32.2. The van der Waals surface area contributed by atoms with Crippen LogP contribution in [0.25, 0.3) is 0 Å². The van der Waals surface area contributed by atoms with E-state index >= 15 is 0 Å². The topological polar surface area (TPSA) is 98.7 Å². The highest BCUT2D eigenvalue weighted by molar-refractivity contribution is 7.90. The molecule has 180 valence electrons. The number of piperidine rings is 1. The Balaban J connectivity index is 1.62. The minimum atomic E-state index is -3.53. The van der Waals surface area contributed by atoms with Crippen LogP contribution in [0.3, 0.4) is 0 Å². The Morgan fingerprint density at radius 2 is 1.88 bits per heavy atom. The van der Waals surface area contributed by atoms with Crippen LogP contribution in [0.15, 0.2) is 29.4 Å². The van der Waals surface area contributed by atoms with E-state index in [1.54, 1.807) is 6.92 Å². The standard InChI is InChI=1S/C23H30FN3O5S/c1-15(2)11-17(28)13-27-9-7-18(8-10-27)31-22-16(3)23(26-14-25-22)32-21-6-5-19(12-20(21)24)33(4,29)30/h5-6,12,14-15,18H,7-11,13H2,1-4H3. The van der Waals surface area contributed by atoms with Gasteiger partial charge in [-0.3, -0.25) is 9.69 Å². The zero-order valence-electron chi connectivity index (χ0n) is 19.4. The van der Waals surface area contributed by atoms with Gasteiger partial charge in [-0.1, -0.05) is 13.8 Å². The minimum absolute atomic E-state index is 0.0614. The first-order valence-electron chi connectivity index (χ1n) is 10.9. The largest absolute Gasteiger partial charge is 0.474 e. The van der Waals surface area contributed by atoms with Crippen molar-refractivity contribution in [2.75, 3.05) is 25.9 Å². The van der Waals surface area contributed by atoms with E-state index in [2.05, 4.69) is 14.9 Å². The van der Waals surface area contributed by atoms with Crippen LogP contribution in [-0.4, -0.2) is 61.1 Å². The molecule has 0 unspecified atom stereocenters. The van der Waals surface area contributed by atoms with Crippen molar-refractivity contribution >= 4 is 15.6 Å². The first kappa shape index (κ1) is 25.0. The van der Waals surface area contributed by atoms with Crippen LogP contribution < -0.4 is 9.47 Å². The van der Waals surface area contributed by atoms with E-state index in [9.17, 15) is 17.6 Å². The Kier molecular flexibility index (Phi) is 8.01. The molecule has 0 radical (unpaired) electrons. The number of ether oxygens (including phenoxy) is 2. The molecule has 0 atom stereocenters. The Morgan fingerprint density at radius 1 is 1.21 bits per heavy atom. The molecule has 1 aromatic carbocycles. The van der Waals surface area contributed by atoms with Crippen molar-refractivity contribution < 1.29 is 27.1 Å². The lowest BCUT2D eigenvalue weighted by Gasteiger charge is -2.31. The van der Waals surface area contributed by atoms with Crippen LogP contribution in [-0.2, 0) is 14.6 Å². The number of sulfone groups is 1. The molecule has 0 saturated carbocycles. The Morgan fingerprint density at radius 3 is 2.48 bits per heavy atom. The summed E-state index contributed by atoms with van der Waals surface area (Å²) in [5.74, 6) is 0.147. The van der Waals surface area contributed by atoms with Gasteiger partial charge >= 0.3 is 0 Å². The summed E-state index contributed by atoms with van der Waals surface area (Å²) in [5, 5.41) is 0. The fraction of sp³-hybridized carbons (Fsp3) is 0.522. The maximum absolute atomic E-state index is 14.4. The van der Waals surface area contributed by atoms with Crippen LogP contribution in [0.4, 0.5) is 4.39 Å². The zero-order valence-corrected chi connectivity index (χ0v) is 20.2. The Labute approximate surface area is 194 Å². The number of carbonyl (C=O) groups excluding carboxylic acids is 1. The molecule has 3 rings (SSSR count). The molecule has 1 aliphatic heterocycles. The quantitative estimate of drug-likeness (QED) is 0.538. The summed E-state index contributed by atoms with van der Waals surface area (Å²) < 4.78 is 49.2. The predicted octanol–water partition coefficient (Wildman–Crippen LogP) is 3.58. The van der Waals surface area contributed by atoms with Crippen LogP contribution in [0.2, 0.25) is 0 Å². The second-order valence-corrected chi connectivity index (χ2v) is 10.8. The summed E-state index contributed by atoms with van der Waals surface area (Å²) in [4.78, 5) is 22.3. The number of rotatable bonds is 9. The van der Waals surface area contributed by atoms with Gasteiger partial charge in [-0.05, 0) is 43.9 Å². The molecular formula is C23H30FN3O5S. The van der Waals surface area contributed by atoms with E-state index in [4.69, 9.17) is 9.47 Å². The van der Waals surface area contributed by atoms with Gasteiger partial charge in [-0.25, -0.2) is 22.8 Å². The number of halogens is 1. The molecule has 0 spiro atoms. The van der Waals surface area contributed by atoms with Crippen LogP contribution in [0.5, 0.6) is 17.5 Å². The van der Waals surface area contributed by atoms with Gasteiger partial charge in [0.25, 0.3) is 0 Å². The van der Waals surface area contributed by atoms with Gasteiger partial charge in [0.05, 0.1) is 17.0 Å². The third-order valence-corrected chi connectivity index (χ3v) is 6.49. The summed E-state index contributed by atoms with van der Waals surface area (Å²) in [5.41, 5.74) is 0.513. The van der Waals surface area contributed by atoms with Gasteiger partial charge in [-0.15, -0.1) is 0 Å². The molecule has 0 bridgehead atoms. The molecule has 0 N–H and O–H groups in total. The molecule has 0 amide bonds. The maximum atomic E-state index is 14.4. The fourth-order valence-corrected chi connectivity index (χ4v) is 4.28. The lowest BCUT2D eigenvalue weighted by Crippen LogP contribution is -2.41. The minimum Gasteiger partial charge on any atom is -0.474 e. The molecule has 2 aromatic rings. The molecule has 1 aliphatic rings. The second kappa shape index (κ2) is 10.6. The molecule has 10 heteroatoms. The number of aromatic nitrogens is 2. The van der Waals surface area contributed by atoms with E-state index in [0.717, 1.165) is 38.3 Å². The molecule has 33 heavy (non-hydrogen) atoms. The Bertz CT molecular complexity index is 1100. The predicted molar refractivity (Wildman–Crippen MR) is 121 cm³/mol. The molecular weight excluding hydrogens is 449 g/mol. The van der Waals surface area contributed by atoms with Crippen molar-refractivity contribution in [1.29, 1.82) is 0 Å². The molecule has 1 aromatic heterocycles. The van der Waals surface area contributed by atoms with Crippen molar-refractivity contribution in [3.63, 3.8) is 0 Å². The molecule has 8 nitrogen and oxygen atoms in total. The molecule has 0 aliphatic carbocycles. The Hall–Kier alpha value is -2.59. The number of ketones is 1. The van der Waals surface area contributed by atoms with Gasteiger partial charge < -0.3 is 9.47 Å². The van der Waals surface area contributed by atoms with Crippen LogP contribution in [0, 0.1) is 18.7 Å². The average molecular weight is 480 g/mol. The van der Waals surface area contributed by atoms with E-state index in [1.807, 2.05) is 13.8 Å². The highest BCUT2D eigenvalue weighted by Gasteiger charge is 2.24. The molecule has 2 heterocycles.